The zero-order chi connectivity index (χ0) is 15.4. The van der Waals surface area contributed by atoms with Crippen LogP contribution in [-0.4, -0.2) is 12.6 Å². The predicted octanol–water partition coefficient (Wildman–Crippen LogP) is 4.09. The Bertz CT molecular complexity index is 677. The van der Waals surface area contributed by atoms with Crippen LogP contribution in [0.15, 0.2) is 40.9 Å². The fraction of sp³-hybridized carbons (Fsp3) is 0.133. The van der Waals surface area contributed by atoms with Gasteiger partial charge >= 0.3 is 5.97 Å². The zero-order valence-corrected chi connectivity index (χ0v) is 12.9. The highest BCUT2D eigenvalue weighted by molar-refractivity contribution is 9.10. The standard InChI is InChI=1S/C15H14BrFN2O2/c1-2-21-15(20)11-8-10(18)4-6-13(11)19-14-7-9(17)3-5-12(14)16/h3-8,19H,2,18H2,1H3. The summed E-state index contributed by atoms with van der Waals surface area (Å²) in [7, 11) is 0. The summed E-state index contributed by atoms with van der Waals surface area (Å²) in [4.78, 5) is 12.0. The first kappa shape index (κ1) is 15.3. The summed E-state index contributed by atoms with van der Waals surface area (Å²) in [5.74, 6) is -0.867. The van der Waals surface area contributed by atoms with Gasteiger partial charge in [0.25, 0.3) is 0 Å². The molecule has 3 N–H and O–H groups in total. The number of rotatable bonds is 4. The number of halogens is 2. The van der Waals surface area contributed by atoms with Gasteiger partial charge in [0.15, 0.2) is 0 Å². The van der Waals surface area contributed by atoms with E-state index in [0.29, 0.717) is 27.1 Å². The van der Waals surface area contributed by atoms with Crippen molar-refractivity contribution in [2.45, 2.75) is 6.92 Å². The molecular formula is C15H14BrFN2O2. The van der Waals surface area contributed by atoms with Gasteiger partial charge in [-0.3, -0.25) is 0 Å². The van der Waals surface area contributed by atoms with Gasteiger partial charge in [-0.05, 0) is 59.3 Å². The van der Waals surface area contributed by atoms with E-state index in [2.05, 4.69) is 21.2 Å². The molecule has 0 aliphatic carbocycles. The summed E-state index contributed by atoms with van der Waals surface area (Å²) in [6.07, 6.45) is 0. The molecule has 0 aliphatic rings. The van der Waals surface area contributed by atoms with E-state index in [1.165, 1.54) is 18.2 Å². The largest absolute Gasteiger partial charge is 0.462 e. The maximum absolute atomic E-state index is 13.3. The molecular weight excluding hydrogens is 339 g/mol. The van der Waals surface area contributed by atoms with Crippen molar-refractivity contribution in [2.75, 3.05) is 17.7 Å². The van der Waals surface area contributed by atoms with Crippen LogP contribution in [0.3, 0.4) is 0 Å². The molecule has 0 unspecified atom stereocenters. The smallest absolute Gasteiger partial charge is 0.340 e. The lowest BCUT2D eigenvalue weighted by Gasteiger charge is -2.13. The topological polar surface area (TPSA) is 64.3 Å². The summed E-state index contributed by atoms with van der Waals surface area (Å²) >= 11 is 3.32. The van der Waals surface area contributed by atoms with Crippen LogP contribution in [0.1, 0.15) is 17.3 Å². The van der Waals surface area contributed by atoms with Crippen LogP contribution >= 0.6 is 15.9 Å². The molecule has 0 saturated carbocycles. The Hall–Kier alpha value is -2.08. The molecule has 0 radical (unpaired) electrons. The number of nitrogens with one attached hydrogen (secondary N) is 1. The van der Waals surface area contributed by atoms with Crippen LogP contribution in [0, 0.1) is 5.82 Å². The Morgan fingerprint density at radius 2 is 2.05 bits per heavy atom. The third kappa shape index (κ3) is 3.72. The second-order valence-corrected chi connectivity index (χ2v) is 5.13. The summed E-state index contributed by atoms with van der Waals surface area (Å²) in [6, 6.07) is 9.07. The highest BCUT2D eigenvalue weighted by Gasteiger charge is 2.14. The first-order valence-electron chi connectivity index (χ1n) is 6.30. The van der Waals surface area contributed by atoms with Crippen LogP contribution in [-0.2, 0) is 4.74 Å². The monoisotopic (exact) mass is 352 g/mol. The van der Waals surface area contributed by atoms with Crippen LogP contribution in [0.2, 0.25) is 0 Å². The van der Waals surface area contributed by atoms with Gasteiger partial charge in [-0.2, -0.15) is 0 Å². The van der Waals surface area contributed by atoms with Crippen LogP contribution in [0.4, 0.5) is 21.5 Å². The molecule has 0 spiro atoms. The highest BCUT2D eigenvalue weighted by atomic mass is 79.9. The summed E-state index contributed by atoms with van der Waals surface area (Å²) in [5, 5.41) is 3.00. The van der Waals surface area contributed by atoms with Crippen molar-refractivity contribution < 1.29 is 13.9 Å². The molecule has 0 amide bonds. The molecule has 2 aromatic rings. The van der Waals surface area contributed by atoms with Gasteiger partial charge in [0, 0.05) is 10.2 Å². The Balaban J connectivity index is 2.39. The summed E-state index contributed by atoms with van der Waals surface area (Å²) < 4.78 is 19.0. The number of esters is 1. The van der Waals surface area contributed by atoms with Crippen molar-refractivity contribution in [3.63, 3.8) is 0 Å². The van der Waals surface area contributed by atoms with E-state index >= 15 is 0 Å². The molecule has 0 aliphatic heterocycles. The normalized spacial score (nSPS) is 10.2. The van der Waals surface area contributed by atoms with E-state index in [1.54, 1.807) is 25.1 Å². The first-order chi connectivity index (χ1) is 10.0. The van der Waals surface area contributed by atoms with E-state index in [0.717, 1.165) is 0 Å². The fourth-order valence-corrected chi connectivity index (χ4v) is 2.13. The van der Waals surface area contributed by atoms with E-state index in [9.17, 15) is 9.18 Å². The molecule has 0 heterocycles. The van der Waals surface area contributed by atoms with Gasteiger partial charge in [0.1, 0.15) is 5.82 Å². The average Bonchev–Trinajstić information content (AvgIpc) is 2.45. The minimum atomic E-state index is -0.486. The van der Waals surface area contributed by atoms with E-state index < -0.39 is 5.97 Å². The number of benzene rings is 2. The quantitative estimate of drug-likeness (QED) is 0.642. The van der Waals surface area contributed by atoms with E-state index in [-0.39, 0.29) is 12.4 Å². The average molecular weight is 353 g/mol. The molecule has 0 saturated heterocycles. The Kier molecular flexibility index (Phi) is 4.80. The van der Waals surface area contributed by atoms with Gasteiger partial charge in [0.2, 0.25) is 0 Å². The Morgan fingerprint density at radius 3 is 2.76 bits per heavy atom. The third-order valence-corrected chi connectivity index (χ3v) is 3.43. The predicted molar refractivity (Wildman–Crippen MR) is 84.2 cm³/mol. The second-order valence-electron chi connectivity index (χ2n) is 4.27. The van der Waals surface area contributed by atoms with Crippen LogP contribution in [0.5, 0.6) is 0 Å². The maximum Gasteiger partial charge on any atom is 0.340 e. The molecule has 0 aromatic heterocycles. The van der Waals surface area contributed by atoms with Gasteiger partial charge in [0.05, 0.1) is 23.5 Å². The van der Waals surface area contributed by atoms with Crippen molar-refractivity contribution in [1.29, 1.82) is 0 Å². The molecule has 0 atom stereocenters. The Labute approximate surface area is 130 Å². The molecule has 4 nitrogen and oxygen atoms in total. The molecule has 2 aromatic carbocycles. The van der Waals surface area contributed by atoms with Crippen molar-refractivity contribution in [3.8, 4) is 0 Å². The minimum Gasteiger partial charge on any atom is -0.462 e. The highest BCUT2D eigenvalue weighted by Crippen LogP contribution is 2.29. The van der Waals surface area contributed by atoms with Crippen molar-refractivity contribution in [2.24, 2.45) is 0 Å². The minimum absolute atomic E-state index is 0.261. The number of ether oxygens (including phenoxy) is 1. The second kappa shape index (κ2) is 6.58. The number of nitrogens with two attached hydrogens (primary N) is 1. The van der Waals surface area contributed by atoms with Crippen LogP contribution in [0.25, 0.3) is 0 Å². The maximum atomic E-state index is 13.3. The third-order valence-electron chi connectivity index (χ3n) is 2.74. The van der Waals surface area contributed by atoms with Gasteiger partial charge in [-0.15, -0.1) is 0 Å². The number of nitrogen functional groups attached to an aromatic ring is 1. The van der Waals surface area contributed by atoms with Gasteiger partial charge < -0.3 is 15.8 Å². The summed E-state index contributed by atoms with van der Waals surface area (Å²) in [6.45, 7) is 1.98. The number of carbonyl (C=O) groups excluding carboxylic acids is 1. The SMILES string of the molecule is CCOC(=O)c1cc(N)ccc1Nc1cc(F)ccc1Br. The Morgan fingerprint density at radius 1 is 1.29 bits per heavy atom. The zero-order valence-electron chi connectivity index (χ0n) is 11.3. The lowest BCUT2D eigenvalue weighted by molar-refractivity contribution is 0.0527. The molecule has 0 fully saturated rings. The van der Waals surface area contributed by atoms with E-state index in [4.69, 9.17) is 10.5 Å². The number of carbonyl (C=O) groups is 1. The molecule has 2 rings (SSSR count). The fourth-order valence-electron chi connectivity index (χ4n) is 1.79. The van der Waals surface area contributed by atoms with Gasteiger partial charge in [-0.25, -0.2) is 9.18 Å². The van der Waals surface area contributed by atoms with Crippen LogP contribution < -0.4 is 11.1 Å². The van der Waals surface area contributed by atoms with E-state index in [1.807, 2.05) is 0 Å². The lowest BCUT2D eigenvalue weighted by Crippen LogP contribution is -2.09. The molecule has 6 heteroatoms. The summed E-state index contributed by atoms with van der Waals surface area (Å²) in [5.41, 5.74) is 7.45. The number of hydrogen-bond donors (Lipinski definition) is 2. The van der Waals surface area contributed by atoms with Crippen molar-refractivity contribution in [1.82, 2.24) is 0 Å². The molecule has 21 heavy (non-hydrogen) atoms. The van der Waals surface area contributed by atoms with Crippen molar-refractivity contribution >= 4 is 39.0 Å². The lowest BCUT2D eigenvalue weighted by atomic mass is 10.1. The molecule has 0 bridgehead atoms. The van der Waals surface area contributed by atoms with Gasteiger partial charge in [-0.1, -0.05) is 0 Å². The number of anilines is 3. The molecule has 110 valence electrons. The number of hydrogen-bond acceptors (Lipinski definition) is 4. The first-order valence-corrected chi connectivity index (χ1v) is 7.09. The van der Waals surface area contributed by atoms with Crippen molar-refractivity contribution in [3.05, 3.63) is 52.3 Å².